The van der Waals surface area contributed by atoms with Crippen LogP contribution in [0.25, 0.3) is 5.82 Å². The van der Waals surface area contributed by atoms with E-state index in [4.69, 9.17) is 11.6 Å². The van der Waals surface area contributed by atoms with Crippen LogP contribution >= 0.6 is 11.6 Å². The first-order valence-corrected chi connectivity index (χ1v) is 8.08. The van der Waals surface area contributed by atoms with Gasteiger partial charge in [-0.05, 0) is 36.8 Å². The van der Waals surface area contributed by atoms with Gasteiger partial charge in [0.15, 0.2) is 11.0 Å². The van der Waals surface area contributed by atoms with E-state index in [1.54, 1.807) is 28.9 Å². The molecule has 0 fully saturated rings. The van der Waals surface area contributed by atoms with Gasteiger partial charge in [-0.25, -0.2) is 0 Å². The number of carbonyl (C=O) groups excluding carboxylic acids is 1. The van der Waals surface area contributed by atoms with Crippen molar-refractivity contribution in [2.24, 2.45) is 0 Å². The van der Waals surface area contributed by atoms with Gasteiger partial charge in [0.25, 0.3) is 0 Å². The molecule has 0 saturated carbocycles. The zero-order valence-electron chi connectivity index (χ0n) is 13.3. The summed E-state index contributed by atoms with van der Waals surface area (Å²) in [6, 6.07) is 10.2. The normalized spacial score (nSPS) is 16.4. The number of phenolic OH excluding ortho intramolecular Hbond substituents is 1. The molecule has 0 bridgehead atoms. The van der Waals surface area contributed by atoms with Crippen molar-refractivity contribution >= 4 is 23.3 Å². The Morgan fingerprint density at radius 3 is 2.64 bits per heavy atom. The van der Waals surface area contributed by atoms with Crippen LogP contribution in [0.4, 0.5) is 5.82 Å². The molecule has 2 aromatic heterocycles. The lowest BCUT2D eigenvalue weighted by Gasteiger charge is -2.24. The summed E-state index contributed by atoms with van der Waals surface area (Å²) in [4.78, 5) is 12.3. The lowest BCUT2D eigenvalue weighted by molar-refractivity contribution is -0.116. The average Bonchev–Trinajstić information content (AvgIpc) is 2.92. The zero-order chi connectivity index (χ0) is 17.6. The predicted molar refractivity (Wildman–Crippen MR) is 92.1 cm³/mol. The lowest BCUT2D eigenvalue weighted by atomic mass is 9.86. The minimum atomic E-state index is -0.140. The Bertz CT molecular complexity index is 950. The highest BCUT2D eigenvalue weighted by Gasteiger charge is 2.32. The highest BCUT2D eigenvalue weighted by Crippen LogP contribution is 2.40. The van der Waals surface area contributed by atoms with Crippen molar-refractivity contribution in [1.82, 2.24) is 20.0 Å². The van der Waals surface area contributed by atoms with Gasteiger partial charge in [0, 0.05) is 17.9 Å². The Morgan fingerprint density at radius 2 is 1.96 bits per heavy atom. The fourth-order valence-corrected chi connectivity index (χ4v) is 3.23. The van der Waals surface area contributed by atoms with Crippen LogP contribution in [0.1, 0.15) is 29.2 Å². The number of phenols is 1. The molecular formula is C17H14ClN5O2. The van der Waals surface area contributed by atoms with Crippen LogP contribution in [0.3, 0.4) is 0 Å². The van der Waals surface area contributed by atoms with Crippen LogP contribution in [0.2, 0.25) is 5.15 Å². The van der Waals surface area contributed by atoms with Gasteiger partial charge in [0.05, 0.1) is 5.69 Å². The van der Waals surface area contributed by atoms with E-state index < -0.39 is 0 Å². The van der Waals surface area contributed by atoms with E-state index in [0.717, 1.165) is 16.8 Å². The van der Waals surface area contributed by atoms with Crippen molar-refractivity contribution in [2.45, 2.75) is 19.3 Å². The maximum Gasteiger partial charge on any atom is 0.226 e. The monoisotopic (exact) mass is 355 g/mol. The van der Waals surface area contributed by atoms with Gasteiger partial charge in [-0.15, -0.1) is 10.2 Å². The molecule has 0 spiro atoms. The average molecular weight is 356 g/mol. The molecule has 2 N–H and O–H groups in total. The van der Waals surface area contributed by atoms with Gasteiger partial charge in [0.1, 0.15) is 11.6 Å². The standard InChI is InChI=1S/C17H14ClN5O2/c1-9-16-12(10-2-4-11(24)5-3-10)8-15(25)19-17(16)23(22-9)14-7-6-13(18)20-21-14/h2-7,12,24H,8H2,1H3,(H,19,25)/t12-/m0/s1. The Hall–Kier alpha value is -2.93. The first-order chi connectivity index (χ1) is 12.0. The number of halogens is 1. The fourth-order valence-electron chi connectivity index (χ4n) is 3.13. The highest BCUT2D eigenvalue weighted by atomic mass is 35.5. The van der Waals surface area contributed by atoms with Gasteiger partial charge in [-0.1, -0.05) is 23.7 Å². The van der Waals surface area contributed by atoms with E-state index >= 15 is 0 Å². The van der Waals surface area contributed by atoms with Crippen molar-refractivity contribution < 1.29 is 9.90 Å². The third-order valence-electron chi connectivity index (χ3n) is 4.23. The largest absolute Gasteiger partial charge is 0.508 e. The van der Waals surface area contributed by atoms with E-state index in [1.807, 2.05) is 19.1 Å². The Balaban J connectivity index is 1.85. The molecule has 8 heteroatoms. The molecule has 4 rings (SSSR count). The molecule has 0 radical (unpaired) electrons. The van der Waals surface area contributed by atoms with Gasteiger partial charge in [-0.3, -0.25) is 4.79 Å². The quantitative estimate of drug-likeness (QED) is 0.737. The van der Waals surface area contributed by atoms with Crippen molar-refractivity contribution in [2.75, 3.05) is 5.32 Å². The second-order valence-electron chi connectivity index (χ2n) is 5.87. The number of carbonyl (C=O) groups is 1. The zero-order valence-corrected chi connectivity index (χ0v) is 14.0. The fraction of sp³-hybridized carbons (Fsp3) is 0.176. The molecule has 25 heavy (non-hydrogen) atoms. The number of rotatable bonds is 2. The van der Waals surface area contributed by atoms with Crippen LogP contribution in [0, 0.1) is 6.92 Å². The molecule has 1 amide bonds. The van der Waals surface area contributed by atoms with Crippen molar-refractivity contribution in [3.05, 3.63) is 58.4 Å². The minimum Gasteiger partial charge on any atom is -0.508 e. The van der Waals surface area contributed by atoms with Crippen molar-refractivity contribution in [3.8, 4) is 11.6 Å². The third-order valence-corrected chi connectivity index (χ3v) is 4.43. The number of nitrogens with zero attached hydrogens (tertiary/aromatic N) is 4. The highest BCUT2D eigenvalue weighted by molar-refractivity contribution is 6.29. The number of nitrogens with one attached hydrogen (secondary N) is 1. The SMILES string of the molecule is Cc1nn(-c2ccc(Cl)nn2)c2c1[C@H](c1ccc(O)cc1)CC(=O)N2. The summed E-state index contributed by atoms with van der Waals surface area (Å²) in [6.45, 7) is 1.89. The second-order valence-corrected chi connectivity index (χ2v) is 6.26. The van der Waals surface area contributed by atoms with E-state index in [-0.39, 0.29) is 22.7 Å². The molecule has 1 atom stereocenters. The summed E-state index contributed by atoms with van der Waals surface area (Å²) in [5, 5.41) is 25.1. The maximum atomic E-state index is 12.3. The summed E-state index contributed by atoms with van der Waals surface area (Å²) in [7, 11) is 0. The number of hydrogen-bond acceptors (Lipinski definition) is 5. The molecule has 0 aliphatic carbocycles. The molecule has 0 saturated heterocycles. The van der Waals surface area contributed by atoms with E-state index in [2.05, 4.69) is 20.6 Å². The molecule has 7 nitrogen and oxygen atoms in total. The van der Waals surface area contributed by atoms with Gasteiger partial charge in [-0.2, -0.15) is 9.78 Å². The van der Waals surface area contributed by atoms with E-state index in [1.165, 1.54) is 0 Å². The van der Waals surface area contributed by atoms with Crippen LogP contribution in [0.5, 0.6) is 5.75 Å². The van der Waals surface area contributed by atoms with Gasteiger partial charge >= 0.3 is 0 Å². The topological polar surface area (TPSA) is 92.9 Å². The predicted octanol–water partition coefficient (Wildman–Crippen LogP) is 2.80. The van der Waals surface area contributed by atoms with E-state index in [9.17, 15) is 9.90 Å². The Kier molecular flexibility index (Phi) is 3.65. The molecule has 1 aliphatic heterocycles. The first kappa shape index (κ1) is 15.6. The minimum absolute atomic E-state index is 0.103. The molecule has 126 valence electrons. The third kappa shape index (κ3) is 2.72. The molecule has 0 unspecified atom stereocenters. The number of hydrogen-bond donors (Lipinski definition) is 2. The number of amides is 1. The number of aromatic hydroxyl groups is 1. The summed E-state index contributed by atoms with van der Waals surface area (Å²) in [6.07, 6.45) is 0.316. The first-order valence-electron chi connectivity index (χ1n) is 7.71. The maximum absolute atomic E-state index is 12.3. The molecule has 1 aliphatic rings. The summed E-state index contributed by atoms with van der Waals surface area (Å²) >= 11 is 5.79. The Labute approximate surface area is 148 Å². The van der Waals surface area contributed by atoms with Crippen LogP contribution < -0.4 is 5.32 Å². The number of fused-ring (bicyclic) bond motifs is 1. The molecule has 3 aromatic rings. The number of aromatic nitrogens is 4. The Morgan fingerprint density at radius 1 is 1.20 bits per heavy atom. The number of anilines is 1. The van der Waals surface area contributed by atoms with Crippen molar-refractivity contribution in [3.63, 3.8) is 0 Å². The van der Waals surface area contributed by atoms with Gasteiger partial charge < -0.3 is 10.4 Å². The molecule has 3 heterocycles. The molecular weight excluding hydrogens is 342 g/mol. The van der Waals surface area contributed by atoms with Crippen LogP contribution in [-0.4, -0.2) is 31.0 Å². The molecule has 1 aromatic carbocycles. The van der Waals surface area contributed by atoms with Gasteiger partial charge in [0.2, 0.25) is 5.91 Å². The number of aryl methyl sites for hydroxylation is 1. The van der Waals surface area contributed by atoms with Crippen molar-refractivity contribution in [1.29, 1.82) is 0 Å². The second kappa shape index (κ2) is 5.86. The van der Waals surface area contributed by atoms with E-state index in [0.29, 0.717) is 18.1 Å². The van der Waals surface area contributed by atoms with Crippen LogP contribution in [0.15, 0.2) is 36.4 Å². The summed E-state index contributed by atoms with van der Waals surface area (Å²) < 4.78 is 1.57. The smallest absolute Gasteiger partial charge is 0.226 e. The number of benzene rings is 1. The summed E-state index contributed by atoms with van der Waals surface area (Å²) in [5.41, 5.74) is 2.67. The summed E-state index contributed by atoms with van der Waals surface area (Å²) in [5.74, 6) is 1.00. The lowest BCUT2D eigenvalue weighted by Crippen LogP contribution is -2.25. The van der Waals surface area contributed by atoms with Crippen LogP contribution in [-0.2, 0) is 4.79 Å².